The summed E-state index contributed by atoms with van der Waals surface area (Å²) in [7, 11) is -3.79. The quantitative estimate of drug-likeness (QED) is 0.627. The zero-order valence-electron chi connectivity index (χ0n) is 15.8. The predicted octanol–water partition coefficient (Wildman–Crippen LogP) is 2.65. The number of nitrogens with one attached hydrogen (secondary N) is 2. The van der Waals surface area contributed by atoms with Crippen LogP contribution in [0.15, 0.2) is 77.8 Å². The highest BCUT2D eigenvalue weighted by atomic mass is 32.2. The zero-order chi connectivity index (χ0) is 21.4. The molecule has 0 radical (unpaired) electrons. The fourth-order valence-corrected chi connectivity index (χ4v) is 3.46. The number of rotatable bonds is 5. The van der Waals surface area contributed by atoms with Gasteiger partial charge in [0.25, 0.3) is 5.91 Å². The van der Waals surface area contributed by atoms with Gasteiger partial charge in [0.1, 0.15) is 5.69 Å². The van der Waals surface area contributed by atoms with E-state index in [9.17, 15) is 13.2 Å². The number of carbonyl (C=O) groups excluding carboxylic acids is 1. The maximum Gasteiger partial charge on any atom is 0.255 e. The van der Waals surface area contributed by atoms with E-state index in [1.54, 1.807) is 30.5 Å². The molecule has 7 heteroatoms. The summed E-state index contributed by atoms with van der Waals surface area (Å²) in [6.07, 6.45) is 6.75. The number of hydrogen-bond donors (Lipinski definition) is 2. The lowest BCUT2D eigenvalue weighted by molar-refractivity contribution is 0.102. The van der Waals surface area contributed by atoms with Crippen molar-refractivity contribution in [3.63, 3.8) is 0 Å². The van der Waals surface area contributed by atoms with Gasteiger partial charge in [0.15, 0.2) is 0 Å². The van der Waals surface area contributed by atoms with E-state index in [0.717, 1.165) is 0 Å². The normalized spacial score (nSPS) is 10.4. The summed E-state index contributed by atoms with van der Waals surface area (Å²) in [5.41, 5.74) is 2.08. The van der Waals surface area contributed by atoms with E-state index in [0.29, 0.717) is 16.9 Å². The van der Waals surface area contributed by atoms with Crippen LogP contribution in [0.3, 0.4) is 0 Å². The Balaban J connectivity index is 1.76. The smallest absolute Gasteiger partial charge is 0.255 e. The van der Waals surface area contributed by atoms with E-state index >= 15 is 0 Å². The van der Waals surface area contributed by atoms with Crippen molar-refractivity contribution in [2.45, 2.75) is 4.90 Å². The van der Waals surface area contributed by atoms with Gasteiger partial charge in [-0.3, -0.25) is 4.79 Å². The lowest BCUT2D eigenvalue weighted by Gasteiger charge is -2.08. The molecule has 1 amide bonds. The molecule has 30 heavy (non-hydrogen) atoms. The molecule has 0 bridgehead atoms. The van der Waals surface area contributed by atoms with E-state index in [4.69, 9.17) is 6.42 Å². The zero-order valence-corrected chi connectivity index (χ0v) is 16.6. The van der Waals surface area contributed by atoms with Crippen LogP contribution in [0.5, 0.6) is 0 Å². The van der Waals surface area contributed by atoms with Crippen molar-refractivity contribution in [1.82, 2.24) is 9.71 Å². The fraction of sp³-hybridized carbons (Fsp3) is 0.0435. The number of terminal acetylenes is 1. The molecule has 0 saturated carbocycles. The summed E-state index contributed by atoms with van der Waals surface area (Å²) in [6, 6.07) is 18.2. The minimum atomic E-state index is -3.79. The fourth-order valence-electron chi connectivity index (χ4n) is 2.48. The number of sulfonamides is 1. The summed E-state index contributed by atoms with van der Waals surface area (Å²) in [5.74, 6) is 7.71. The molecule has 3 rings (SSSR count). The first-order chi connectivity index (χ1) is 14.5. The van der Waals surface area contributed by atoms with Crippen LogP contribution in [-0.4, -0.2) is 25.9 Å². The minimum Gasteiger partial charge on any atom is -0.322 e. The number of benzene rings is 2. The Labute approximate surface area is 175 Å². The standard InChI is InChI=1S/C23H17N3O3S/c1-2-14-25-30(28,29)22-11-6-8-19(17-22)23(27)26-21-10-5-7-18(16-21)12-13-20-9-3-4-15-24-20/h1,3-11,15-17,25H,14H2,(H,26,27). The molecule has 1 aromatic heterocycles. The van der Waals surface area contributed by atoms with Gasteiger partial charge in [-0.2, -0.15) is 4.72 Å². The Morgan fingerprint density at radius 3 is 2.60 bits per heavy atom. The molecule has 0 atom stereocenters. The van der Waals surface area contributed by atoms with Crippen molar-refractivity contribution >= 4 is 21.6 Å². The average molecular weight is 415 g/mol. The van der Waals surface area contributed by atoms with Gasteiger partial charge in [-0.1, -0.05) is 30.0 Å². The number of carbonyl (C=O) groups is 1. The Morgan fingerprint density at radius 2 is 1.83 bits per heavy atom. The third-order valence-electron chi connectivity index (χ3n) is 3.89. The summed E-state index contributed by atoms with van der Waals surface area (Å²) in [5, 5.41) is 2.75. The second kappa shape index (κ2) is 9.53. The van der Waals surface area contributed by atoms with Crippen LogP contribution < -0.4 is 10.0 Å². The molecule has 0 aliphatic carbocycles. The Bertz CT molecular complexity index is 1270. The maximum absolute atomic E-state index is 12.6. The maximum atomic E-state index is 12.6. The van der Waals surface area contributed by atoms with Crippen molar-refractivity contribution in [3.05, 3.63) is 89.7 Å². The van der Waals surface area contributed by atoms with Crippen LogP contribution in [0, 0.1) is 24.2 Å². The van der Waals surface area contributed by atoms with Crippen LogP contribution in [0.1, 0.15) is 21.6 Å². The van der Waals surface area contributed by atoms with Gasteiger partial charge in [0.2, 0.25) is 10.0 Å². The van der Waals surface area contributed by atoms with E-state index in [-0.39, 0.29) is 17.0 Å². The molecule has 0 aliphatic rings. The van der Waals surface area contributed by atoms with E-state index in [1.165, 1.54) is 24.3 Å². The molecule has 148 valence electrons. The monoisotopic (exact) mass is 415 g/mol. The second-order valence-electron chi connectivity index (χ2n) is 6.06. The van der Waals surface area contributed by atoms with Crippen LogP contribution in [-0.2, 0) is 10.0 Å². The number of amides is 1. The average Bonchev–Trinajstić information content (AvgIpc) is 2.77. The second-order valence-corrected chi connectivity index (χ2v) is 7.82. The van der Waals surface area contributed by atoms with E-state index < -0.39 is 15.9 Å². The topological polar surface area (TPSA) is 88.2 Å². The lowest BCUT2D eigenvalue weighted by Crippen LogP contribution is -2.24. The van der Waals surface area contributed by atoms with Gasteiger partial charge < -0.3 is 5.32 Å². The minimum absolute atomic E-state index is 0.0413. The molecule has 0 spiro atoms. The molecular weight excluding hydrogens is 398 g/mol. The van der Waals surface area contributed by atoms with Crippen molar-refractivity contribution in [2.24, 2.45) is 0 Å². The summed E-state index contributed by atoms with van der Waals surface area (Å²) >= 11 is 0. The Hall–Kier alpha value is -3.91. The van der Waals surface area contributed by atoms with Crippen molar-refractivity contribution < 1.29 is 13.2 Å². The number of anilines is 1. The van der Waals surface area contributed by atoms with Crippen LogP contribution in [0.4, 0.5) is 5.69 Å². The van der Waals surface area contributed by atoms with Gasteiger partial charge in [-0.05, 0) is 54.5 Å². The highest BCUT2D eigenvalue weighted by Gasteiger charge is 2.15. The first kappa shape index (κ1) is 20.8. The summed E-state index contributed by atoms with van der Waals surface area (Å²) < 4.78 is 26.7. The summed E-state index contributed by atoms with van der Waals surface area (Å²) in [6.45, 7) is -0.134. The lowest BCUT2D eigenvalue weighted by atomic mass is 10.1. The molecule has 6 nitrogen and oxygen atoms in total. The predicted molar refractivity (Wildman–Crippen MR) is 115 cm³/mol. The first-order valence-electron chi connectivity index (χ1n) is 8.85. The Kier molecular flexibility index (Phi) is 6.61. The summed E-state index contributed by atoms with van der Waals surface area (Å²) in [4.78, 5) is 16.7. The number of pyridine rings is 1. The number of nitrogens with zero attached hydrogens (tertiary/aromatic N) is 1. The molecule has 2 N–H and O–H groups in total. The van der Waals surface area contributed by atoms with Gasteiger partial charge >= 0.3 is 0 Å². The van der Waals surface area contributed by atoms with Gasteiger partial charge in [-0.15, -0.1) is 6.42 Å². The van der Waals surface area contributed by atoms with Crippen molar-refractivity contribution in [3.8, 4) is 24.2 Å². The van der Waals surface area contributed by atoms with Gasteiger partial charge in [-0.25, -0.2) is 13.4 Å². The molecule has 2 aromatic carbocycles. The van der Waals surface area contributed by atoms with Gasteiger partial charge in [0.05, 0.1) is 11.4 Å². The SMILES string of the molecule is C#CCNS(=O)(=O)c1cccc(C(=O)Nc2cccc(C#Cc3ccccn3)c2)c1. The van der Waals surface area contributed by atoms with Crippen LogP contribution >= 0.6 is 0 Å². The van der Waals surface area contributed by atoms with Crippen LogP contribution in [0.25, 0.3) is 0 Å². The molecular formula is C23H17N3O3S. The third kappa shape index (κ3) is 5.55. The highest BCUT2D eigenvalue weighted by Crippen LogP contribution is 2.15. The van der Waals surface area contributed by atoms with Gasteiger partial charge in [0, 0.05) is 23.0 Å². The molecule has 0 saturated heterocycles. The molecule has 0 aliphatic heterocycles. The van der Waals surface area contributed by atoms with Crippen molar-refractivity contribution in [2.75, 3.05) is 11.9 Å². The van der Waals surface area contributed by atoms with Crippen molar-refractivity contribution in [1.29, 1.82) is 0 Å². The van der Waals surface area contributed by atoms with Crippen LogP contribution in [0.2, 0.25) is 0 Å². The largest absolute Gasteiger partial charge is 0.322 e. The Morgan fingerprint density at radius 1 is 1.00 bits per heavy atom. The molecule has 1 heterocycles. The molecule has 3 aromatic rings. The van der Waals surface area contributed by atoms with E-state index in [1.807, 2.05) is 18.2 Å². The number of hydrogen-bond acceptors (Lipinski definition) is 4. The third-order valence-corrected chi connectivity index (χ3v) is 5.29. The first-order valence-corrected chi connectivity index (χ1v) is 10.3. The number of aromatic nitrogens is 1. The highest BCUT2D eigenvalue weighted by molar-refractivity contribution is 7.89. The molecule has 0 unspecified atom stereocenters. The molecule has 0 fully saturated rings. The van der Waals surface area contributed by atoms with E-state index in [2.05, 4.69) is 32.8 Å².